The van der Waals surface area contributed by atoms with Gasteiger partial charge in [-0.1, -0.05) is 19.1 Å². The lowest BCUT2D eigenvalue weighted by Crippen LogP contribution is -2.61. The zero-order chi connectivity index (χ0) is 18.1. The topological polar surface area (TPSA) is 86.0 Å². The van der Waals surface area contributed by atoms with E-state index in [4.69, 9.17) is 13.9 Å². The van der Waals surface area contributed by atoms with Crippen LogP contribution in [0.2, 0.25) is 0 Å². The van der Waals surface area contributed by atoms with Gasteiger partial charge in [0.2, 0.25) is 0 Å². The molecule has 1 saturated carbocycles. The minimum atomic E-state index is -0.704. The van der Waals surface area contributed by atoms with Crippen molar-refractivity contribution in [1.29, 1.82) is 0 Å². The van der Waals surface area contributed by atoms with Gasteiger partial charge >= 0.3 is 11.9 Å². The number of ether oxygens (including phenoxy) is 2. The van der Waals surface area contributed by atoms with Crippen LogP contribution in [-0.2, 0) is 19.1 Å². The number of rotatable bonds is 1. The van der Waals surface area contributed by atoms with Crippen molar-refractivity contribution in [2.45, 2.75) is 38.4 Å². The second-order valence-corrected chi connectivity index (χ2v) is 8.46. The first-order valence-corrected chi connectivity index (χ1v) is 9.21. The third kappa shape index (κ3) is 1.91. The first-order chi connectivity index (χ1) is 12.5. The Morgan fingerprint density at radius 1 is 1.23 bits per heavy atom. The number of aliphatic hydroxyl groups excluding tert-OH is 1. The molecule has 138 valence electrons. The number of aliphatic hydroxyl groups is 1. The molecule has 3 fully saturated rings. The molecule has 26 heavy (non-hydrogen) atoms. The van der Waals surface area contributed by atoms with Crippen molar-refractivity contribution in [3.05, 3.63) is 36.3 Å². The predicted molar refractivity (Wildman–Crippen MR) is 88.5 cm³/mol. The largest absolute Gasteiger partial charge is 0.472 e. The monoisotopic (exact) mass is 358 g/mol. The van der Waals surface area contributed by atoms with E-state index in [2.05, 4.69) is 6.92 Å². The predicted octanol–water partition coefficient (Wildman–Crippen LogP) is 2.39. The van der Waals surface area contributed by atoms with Crippen LogP contribution in [0.3, 0.4) is 0 Å². The van der Waals surface area contributed by atoms with E-state index >= 15 is 0 Å². The van der Waals surface area contributed by atoms with E-state index in [0.717, 1.165) is 5.56 Å². The molecule has 1 aromatic heterocycles. The van der Waals surface area contributed by atoms with Gasteiger partial charge in [0, 0.05) is 16.9 Å². The first-order valence-electron chi connectivity index (χ1n) is 9.21. The van der Waals surface area contributed by atoms with Gasteiger partial charge in [-0.3, -0.25) is 9.59 Å². The summed E-state index contributed by atoms with van der Waals surface area (Å²) in [4.78, 5) is 25.1. The molecule has 3 heterocycles. The number of esters is 2. The molecule has 5 rings (SSSR count). The molecular formula is C20H22O6. The van der Waals surface area contributed by atoms with E-state index in [9.17, 15) is 14.7 Å². The molecule has 4 aliphatic rings. The number of carbonyl (C=O) groups excluding carboxylic acids is 2. The number of fused-ring (bicyclic) bond motifs is 2. The maximum atomic E-state index is 12.8. The lowest BCUT2D eigenvalue weighted by Gasteiger charge is -2.60. The van der Waals surface area contributed by atoms with Gasteiger partial charge in [-0.25, -0.2) is 0 Å². The fourth-order valence-electron chi connectivity index (χ4n) is 6.20. The highest BCUT2D eigenvalue weighted by Crippen LogP contribution is 2.66. The molecule has 7 atom stereocenters. The zero-order valence-corrected chi connectivity index (χ0v) is 14.6. The standard InChI is InChI=1S/C20H22O6/c1-19-8-15(11-5-7-24-9-11)26-18(23)12(19)4-6-20-10-25-17(22)13(20)2-3-14(21)16(19)20/h2-3,5,7,9,12-16,21H,4,6,8,10H2,1H3/t12-,13+,14-,15-,16-,19+,20-/m1/s1. The van der Waals surface area contributed by atoms with Crippen LogP contribution in [-0.4, -0.2) is 29.8 Å². The van der Waals surface area contributed by atoms with Gasteiger partial charge in [0.25, 0.3) is 0 Å². The molecule has 0 aromatic carbocycles. The minimum absolute atomic E-state index is 0.218. The Hall–Kier alpha value is -2.08. The van der Waals surface area contributed by atoms with E-state index in [1.807, 2.05) is 6.07 Å². The van der Waals surface area contributed by atoms with Crippen molar-refractivity contribution in [1.82, 2.24) is 0 Å². The van der Waals surface area contributed by atoms with E-state index in [-0.39, 0.29) is 29.7 Å². The number of carbonyl (C=O) groups is 2. The molecule has 0 amide bonds. The quantitative estimate of drug-likeness (QED) is 0.613. The number of furan rings is 1. The summed E-state index contributed by atoms with van der Waals surface area (Å²) in [5, 5.41) is 10.9. The highest BCUT2D eigenvalue weighted by Gasteiger charge is 2.68. The number of hydrogen-bond acceptors (Lipinski definition) is 6. The van der Waals surface area contributed by atoms with Crippen LogP contribution in [0.1, 0.15) is 37.9 Å². The minimum Gasteiger partial charge on any atom is -0.472 e. The lowest BCUT2D eigenvalue weighted by molar-refractivity contribution is -0.204. The summed E-state index contributed by atoms with van der Waals surface area (Å²) in [6, 6.07) is 1.81. The molecule has 2 aliphatic carbocycles. The van der Waals surface area contributed by atoms with Crippen molar-refractivity contribution < 1.29 is 28.6 Å². The second kappa shape index (κ2) is 5.22. The maximum absolute atomic E-state index is 12.8. The lowest BCUT2D eigenvalue weighted by atomic mass is 9.44. The maximum Gasteiger partial charge on any atom is 0.313 e. The normalized spacial score (nSPS) is 46.8. The summed E-state index contributed by atoms with van der Waals surface area (Å²) in [7, 11) is 0. The van der Waals surface area contributed by atoms with E-state index < -0.39 is 23.0 Å². The van der Waals surface area contributed by atoms with Crippen LogP contribution in [0.15, 0.2) is 35.2 Å². The van der Waals surface area contributed by atoms with E-state index in [0.29, 0.717) is 25.9 Å². The molecule has 1 spiro atoms. The molecular weight excluding hydrogens is 336 g/mol. The van der Waals surface area contributed by atoms with Gasteiger partial charge in [0.05, 0.1) is 37.1 Å². The highest BCUT2D eigenvalue weighted by atomic mass is 16.5. The van der Waals surface area contributed by atoms with Crippen molar-refractivity contribution in [2.24, 2.45) is 28.6 Å². The fourth-order valence-corrected chi connectivity index (χ4v) is 6.20. The number of hydrogen-bond donors (Lipinski definition) is 1. The summed E-state index contributed by atoms with van der Waals surface area (Å²) in [6.45, 7) is 2.38. The molecule has 6 heteroatoms. The van der Waals surface area contributed by atoms with Gasteiger partial charge < -0.3 is 19.0 Å². The van der Waals surface area contributed by atoms with E-state index in [1.165, 1.54) is 0 Å². The SMILES string of the molecule is C[C@]12C[C@H](c3ccoc3)OC(=O)[C@H]1CC[C@@]13COC(=O)[C@@H]1C=C[C@@H](O)[C@H]23. The van der Waals surface area contributed by atoms with Crippen LogP contribution in [0.4, 0.5) is 0 Å². The third-order valence-electron chi connectivity index (χ3n) is 7.31. The van der Waals surface area contributed by atoms with Crippen LogP contribution in [0.5, 0.6) is 0 Å². The summed E-state index contributed by atoms with van der Waals surface area (Å²) >= 11 is 0. The average molecular weight is 358 g/mol. The van der Waals surface area contributed by atoms with Crippen molar-refractivity contribution in [3.8, 4) is 0 Å². The van der Waals surface area contributed by atoms with Crippen LogP contribution in [0, 0.1) is 28.6 Å². The summed E-state index contributed by atoms with van der Waals surface area (Å²) in [5.41, 5.74) is -0.0881. The fraction of sp³-hybridized carbons (Fsp3) is 0.600. The van der Waals surface area contributed by atoms with Gasteiger partial charge in [0.1, 0.15) is 6.10 Å². The van der Waals surface area contributed by atoms with Crippen molar-refractivity contribution >= 4 is 11.9 Å². The molecule has 2 aliphatic heterocycles. The van der Waals surface area contributed by atoms with Crippen molar-refractivity contribution in [3.63, 3.8) is 0 Å². The summed E-state index contributed by atoms with van der Waals surface area (Å²) in [5.74, 6) is -1.27. The Morgan fingerprint density at radius 2 is 2.08 bits per heavy atom. The molecule has 1 N–H and O–H groups in total. The van der Waals surface area contributed by atoms with Gasteiger partial charge in [-0.05, 0) is 30.7 Å². The average Bonchev–Trinajstić information content (AvgIpc) is 3.23. The summed E-state index contributed by atoms with van der Waals surface area (Å²) < 4.78 is 16.3. The van der Waals surface area contributed by atoms with Gasteiger partial charge in [-0.2, -0.15) is 0 Å². The Labute approximate surface area is 151 Å². The number of cyclic esters (lactones) is 2. The van der Waals surface area contributed by atoms with Gasteiger partial charge in [-0.15, -0.1) is 0 Å². The Morgan fingerprint density at radius 3 is 2.85 bits per heavy atom. The highest BCUT2D eigenvalue weighted by molar-refractivity contribution is 5.79. The smallest absolute Gasteiger partial charge is 0.313 e. The van der Waals surface area contributed by atoms with Crippen molar-refractivity contribution in [2.75, 3.05) is 6.61 Å². The molecule has 2 saturated heterocycles. The Bertz CT molecular complexity index is 782. The van der Waals surface area contributed by atoms with Gasteiger partial charge in [0.15, 0.2) is 0 Å². The van der Waals surface area contributed by atoms with Crippen LogP contribution < -0.4 is 0 Å². The van der Waals surface area contributed by atoms with Crippen LogP contribution >= 0.6 is 0 Å². The first kappa shape index (κ1) is 16.1. The van der Waals surface area contributed by atoms with E-state index in [1.54, 1.807) is 24.7 Å². The molecule has 0 bridgehead atoms. The summed E-state index contributed by atoms with van der Waals surface area (Å²) in [6.07, 6.45) is 7.51. The zero-order valence-electron chi connectivity index (χ0n) is 14.6. The molecule has 0 radical (unpaired) electrons. The third-order valence-corrected chi connectivity index (χ3v) is 7.31. The van der Waals surface area contributed by atoms with Crippen LogP contribution in [0.25, 0.3) is 0 Å². The Kier molecular flexibility index (Phi) is 3.24. The Balaban J connectivity index is 1.60. The molecule has 0 unspecified atom stereocenters. The molecule has 6 nitrogen and oxygen atoms in total. The second-order valence-electron chi connectivity index (χ2n) is 8.46. The molecule has 1 aromatic rings.